The quantitative estimate of drug-likeness (QED) is 0.450. The molecule has 1 N–H and O–H groups in total. The van der Waals surface area contributed by atoms with Crippen LogP contribution in [-0.4, -0.2) is 95.1 Å². The van der Waals surface area contributed by atoms with Crippen LogP contribution in [-0.2, 0) is 9.47 Å². The number of benzene rings is 1. The molecule has 2 aliphatic rings. The van der Waals surface area contributed by atoms with Crippen molar-refractivity contribution in [3.63, 3.8) is 0 Å². The molecule has 0 amide bonds. The van der Waals surface area contributed by atoms with Crippen molar-refractivity contribution in [1.29, 1.82) is 0 Å². The molecule has 0 spiro atoms. The highest BCUT2D eigenvalue weighted by atomic mass is 16.5. The van der Waals surface area contributed by atoms with E-state index >= 15 is 0 Å². The highest BCUT2D eigenvalue weighted by Crippen LogP contribution is 2.33. The van der Waals surface area contributed by atoms with Crippen LogP contribution in [0.4, 0.5) is 17.8 Å². The van der Waals surface area contributed by atoms with E-state index in [1.807, 2.05) is 0 Å². The number of morpholine rings is 2. The Morgan fingerprint density at radius 1 is 0.788 bits per heavy atom. The van der Waals surface area contributed by atoms with Gasteiger partial charge in [0.2, 0.25) is 17.8 Å². The number of rotatable bonds is 8. The van der Waals surface area contributed by atoms with Crippen molar-refractivity contribution in [1.82, 2.24) is 15.0 Å². The standard InChI is InChI=1S/C21H29N7O5/c1-29-16-13-18(31-3)17(30-2)12-15(16)14-22-26-19-23-20(27-4-8-32-9-5-27)25-21(24-19)28-6-10-33-11-7-28/h12-14H,4-11H2,1-3H3,(H,23,24,25,26)/b22-14-. The lowest BCUT2D eigenvalue weighted by atomic mass is 10.2. The molecule has 0 radical (unpaired) electrons. The molecule has 12 nitrogen and oxygen atoms in total. The molecule has 2 saturated heterocycles. The Labute approximate surface area is 192 Å². The molecular weight excluding hydrogens is 430 g/mol. The van der Waals surface area contributed by atoms with Crippen molar-refractivity contribution in [3.8, 4) is 17.2 Å². The topological polar surface area (TPSA) is 116 Å². The number of nitrogens with one attached hydrogen (secondary N) is 1. The van der Waals surface area contributed by atoms with Crippen molar-refractivity contribution in [2.75, 3.05) is 89.2 Å². The molecule has 4 rings (SSSR count). The number of hydrogen-bond donors (Lipinski definition) is 1. The summed E-state index contributed by atoms with van der Waals surface area (Å²) in [7, 11) is 4.74. The fraction of sp³-hybridized carbons (Fsp3) is 0.524. The van der Waals surface area contributed by atoms with Crippen LogP contribution >= 0.6 is 0 Å². The van der Waals surface area contributed by atoms with Crippen molar-refractivity contribution in [2.45, 2.75) is 0 Å². The van der Waals surface area contributed by atoms with Gasteiger partial charge in [-0.2, -0.15) is 20.1 Å². The zero-order valence-electron chi connectivity index (χ0n) is 19.1. The van der Waals surface area contributed by atoms with E-state index in [1.165, 1.54) is 0 Å². The van der Waals surface area contributed by atoms with E-state index in [9.17, 15) is 0 Å². The zero-order valence-corrected chi connectivity index (χ0v) is 19.1. The fourth-order valence-electron chi connectivity index (χ4n) is 3.53. The van der Waals surface area contributed by atoms with Gasteiger partial charge in [0.1, 0.15) is 5.75 Å². The molecule has 1 aromatic heterocycles. The third kappa shape index (κ3) is 5.52. The van der Waals surface area contributed by atoms with Gasteiger partial charge in [-0.3, -0.25) is 0 Å². The summed E-state index contributed by atoms with van der Waals surface area (Å²) in [6, 6.07) is 3.53. The lowest BCUT2D eigenvalue weighted by Gasteiger charge is -2.30. The van der Waals surface area contributed by atoms with Crippen LogP contribution in [0.1, 0.15) is 5.56 Å². The Kier molecular flexibility index (Phi) is 7.58. The van der Waals surface area contributed by atoms with Crippen LogP contribution in [0.15, 0.2) is 17.2 Å². The SMILES string of the molecule is COc1cc(OC)c(OC)cc1/C=N\Nc1nc(N2CCOCC2)nc(N2CCOCC2)n1. The normalized spacial score (nSPS) is 16.7. The molecule has 3 heterocycles. The van der Waals surface area contributed by atoms with Gasteiger partial charge in [0.05, 0.1) is 54.0 Å². The summed E-state index contributed by atoms with van der Waals surface area (Å²) in [5, 5.41) is 4.33. The van der Waals surface area contributed by atoms with Gasteiger partial charge in [-0.25, -0.2) is 5.43 Å². The summed E-state index contributed by atoms with van der Waals surface area (Å²) in [4.78, 5) is 18.0. The van der Waals surface area contributed by atoms with Crippen molar-refractivity contribution < 1.29 is 23.7 Å². The van der Waals surface area contributed by atoms with Crippen LogP contribution in [0.5, 0.6) is 17.2 Å². The Morgan fingerprint density at radius 3 is 1.82 bits per heavy atom. The van der Waals surface area contributed by atoms with Crippen LogP contribution in [0, 0.1) is 0 Å². The highest BCUT2D eigenvalue weighted by Gasteiger charge is 2.20. The average Bonchev–Trinajstić information content (AvgIpc) is 2.89. The minimum Gasteiger partial charge on any atom is -0.496 e. The second-order valence-electron chi connectivity index (χ2n) is 7.28. The van der Waals surface area contributed by atoms with Crippen LogP contribution in [0.3, 0.4) is 0 Å². The molecule has 0 bridgehead atoms. The van der Waals surface area contributed by atoms with Gasteiger partial charge in [0.15, 0.2) is 11.5 Å². The third-order valence-corrected chi connectivity index (χ3v) is 5.30. The van der Waals surface area contributed by atoms with Gasteiger partial charge in [-0.15, -0.1) is 0 Å². The second kappa shape index (κ2) is 11.0. The first kappa shape index (κ1) is 22.8. The molecule has 2 fully saturated rings. The summed E-state index contributed by atoms with van der Waals surface area (Å²) in [5.74, 6) is 3.28. The number of aromatic nitrogens is 3. The maximum atomic E-state index is 5.46. The smallest absolute Gasteiger partial charge is 0.250 e. The molecule has 12 heteroatoms. The van der Waals surface area contributed by atoms with E-state index in [0.29, 0.717) is 67.1 Å². The summed E-state index contributed by atoms with van der Waals surface area (Å²) in [6.45, 7) is 5.43. The number of hydrogen-bond acceptors (Lipinski definition) is 12. The van der Waals surface area contributed by atoms with E-state index in [-0.39, 0.29) is 0 Å². The lowest BCUT2D eigenvalue weighted by molar-refractivity contribution is 0.121. The Bertz CT molecular complexity index is 926. The van der Waals surface area contributed by atoms with E-state index in [0.717, 1.165) is 26.2 Å². The predicted molar refractivity (Wildman–Crippen MR) is 123 cm³/mol. The number of methoxy groups -OCH3 is 3. The van der Waals surface area contributed by atoms with Crippen molar-refractivity contribution in [3.05, 3.63) is 17.7 Å². The van der Waals surface area contributed by atoms with Crippen LogP contribution in [0.2, 0.25) is 0 Å². The second-order valence-corrected chi connectivity index (χ2v) is 7.28. The predicted octanol–water partition coefficient (Wildman–Crippen LogP) is 1.02. The Balaban J connectivity index is 1.58. The number of ether oxygens (including phenoxy) is 5. The third-order valence-electron chi connectivity index (χ3n) is 5.30. The average molecular weight is 460 g/mol. The first-order valence-electron chi connectivity index (χ1n) is 10.7. The molecule has 0 unspecified atom stereocenters. The molecule has 0 saturated carbocycles. The first-order chi connectivity index (χ1) is 16.2. The molecule has 0 atom stereocenters. The molecule has 178 valence electrons. The monoisotopic (exact) mass is 459 g/mol. The van der Waals surface area contributed by atoms with E-state index in [4.69, 9.17) is 28.7 Å². The van der Waals surface area contributed by atoms with Gasteiger partial charge in [0, 0.05) is 37.8 Å². The molecule has 33 heavy (non-hydrogen) atoms. The summed E-state index contributed by atoms with van der Waals surface area (Å²) >= 11 is 0. The van der Waals surface area contributed by atoms with E-state index in [2.05, 4.69) is 30.3 Å². The number of nitrogens with zero attached hydrogens (tertiary/aromatic N) is 6. The maximum absolute atomic E-state index is 5.46. The number of anilines is 3. The minimum atomic E-state index is 0.351. The Hall–Kier alpha value is -3.38. The van der Waals surface area contributed by atoms with Gasteiger partial charge in [0.25, 0.3) is 0 Å². The van der Waals surface area contributed by atoms with Gasteiger partial charge >= 0.3 is 0 Å². The van der Waals surface area contributed by atoms with E-state index in [1.54, 1.807) is 39.7 Å². The van der Waals surface area contributed by atoms with E-state index < -0.39 is 0 Å². The number of hydrazone groups is 1. The van der Waals surface area contributed by atoms with Gasteiger partial charge in [-0.1, -0.05) is 0 Å². The van der Waals surface area contributed by atoms with Crippen molar-refractivity contribution >= 4 is 24.1 Å². The summed E-state index contributed by atoms with van der Waals surface area (Å²) in [6.07, 6.45) is 1.62. The van der Waals surface area contributed by atoms with Crippen LogP contribution < -0.4 is 29.4 Å². The maximum Gasteiger partial charge on any atom is 0.250 e. The van der Waals surface area contributed by atoms with Crippen LogP contribution in [0.25, 0.3) is 0 Å². The largest absolute Gasteiger partial charge is 0.496 e. The van der Waals surface area contributed by atoms with Gasteiger partial charge in [-0.05, 0) is 6.07 Å². The molecule has 1 aromatic carbocycles. The summed E-state index contributed by atoms with van der Waals surface area (Å²) in [5.41, 5.74) is 3.64. The zero-order chi connectivity index (χ0) is 23.0. The summed E-state index contributed by atoms with van der Waals surface area (Å²) < 4.78 is 27.1. The minimum absolute atomic E-state index is 0.351. The molecular formula is C21H29N7O5. The molecule has 0 aliphatic carbocycles. The molecule has 2 aromatic rings. The highest BCUT2D eigenvalue weighted by molar-refractivity contribution is 5.85. The lowest BCUT2D eigenvalue weighted by Crippen LogP contribution is -2.40. The Morgan fingerprint density at radius 2 is 1.30 bits per heavy atom. The van der Waals surface area contributed by atoms with Crippen molar-refractivity contribution in [2.24, 2.45) is 5.10 Å². The molecule has 2 aliphatic heterocycles. The van der Waals surface area contributed by atoms with Gasteiger partial charge < -0.3 is 33.5 Å². The fourth-order valence-corrected chi connectivity index (χ4v) is 3.53. The first-order valence-corrected chi connectivity index (χ1v) is 10.7.